The van der Waals surface area contributed by atoms with E-state index in [4.69, 9.17) is 10.3 Å². The first kappa shape index (κ1) is 12.8. The minimum Gasteiger partial charge on any atom is -0.466 e. The second-order valence-corrected chi connectivity index (χ2v) is 7.62. The monoisotopic (exact) mass is 428 g/mol. The Morgan fingerprint density at radius 3 is 2.56 bits per heavy atom. The van der Waals surface area contributed by atoms with Crippen molar-refractivity contribution in [2.45, 2.75) is 6.04 Å². The number of hydrogen-bond donors (Lipinski definition) is 2. The van der Waals surface area contributed by atoms with Crippen LogP contribution in [0.2, 0.25) is 0 Å². The van der Waals surface area contributed by atoms with Crippen molar-refractivity contribution >= 4 is 59.1 Å². The molecule has 2 aromatic rings. The Labute approximate surface area is 122 Å². The zero-order chi connectivity index (χ0) is 11.7. The van der Waals surface area contributed by atoms with E-state index in [0.717, 1.165) is 23.4 Å². The van der Waals surface area contributed by atoms with Crippen LogP contribution in [-0.4, -0.2) is 0 Å². The average Bonchev–Trinajstić information content (AvgIpc) is 2.77. The Balaban J connectivity index is 2.44. The van der Waals surface area contributed by atoms with E-state index in [9.17, 15) is 0 Å². The predicted molar refractivity (Wildman–Crippen MR) is 75.3 cm³/mol. The van der Waals surface area contributed by atoms with Crippen molar-refractivity contribution in [1.82, 2.24) is 5.43 Å². The lowest BCUT2D eigenvalue weighted by atomic mass is 10.1. The van der Waals surface area contributed by atoms with Crippen molar-refractivity contribution in [3.05, 3.63) is 41.8 Å². The highest BCUT2D eigenvalue weighted by atomic mass is 79.9. The van der Waals surface area contributed by atoms with Crippen LogP contribution in [0.25, 0.3) is 0 Å². The van der Waals surface area contributed by atoms with Gasteiger partial charge in [-0.3, -0.25) is 5.84 Å². The van der Waals surface area contributed by atoms with Crippen LogP contribution in [0.4, 0.5) is 0 Å². The molecule has 3 nitrogen and oxygen atoms in total. The molecule has 0 aliphatic rings. The number of hydrazine groups is 1. The second-order valence-electron chi connectivity index (χ2n) is 3.01. The van der Waals surface area contributed by atoms with Gasteiger partial charge >= 0.3 is 0 Å². The highest BCUT2D eigenvalue weighted by molar-refractivity contribution is 9.12. The fourth-order valence-corrected chi connectivity index (χ4v) is 4.70. The first-order chi connectivity index (χ1) is 7.63. The molecule has 0 aromatic carbocycles. The maximum atomic E-state index is 5.58. The van der Waals surface area contributed by atoms with Gasteiger partial charge in [0.2, 0.25) is 0 Å². The van der Waals surface area contributed by atoms with Crippen LogP contribution in [0.3, 0.4) is 0 Å². The van der Waals surface area contributed by atoms with E-state index < -0.39 is 0 Å². The van der Waals surface area contributed by atoms with Gasteiger partial charge in [-0.2, -0.15) is 0 Å². The fraction of sp³-hybridized carbons (Fsp3) is 0.111. The molecule has 16 heavy (non-hydrogen) atoms. The summed E-state index contributed by atoms with van der Waals surface area (Å²) in [7, 11) is 0. The number of hydrogen-bond acceptors (Lipinski definition) is 4. The molecule has 1 atom stereocenters. The summed E-state index contributed by atoms with van der Waals surface area (Å²) in [6, 6.07) is 3.67. The molecule has 1 unspecified atom stereocenters. The van der Waals surface area contributed by atoms with Crippen LogP contribution in [0.15, 0.2) is 34.9 Å². The van der Waals surface area contributed by atoms with Gasteiger partial charge in [0.25, 0.3) is 0 Å². The third kappa shape index (κ3) is 2.44. The number of thiophene rings is 1. The first-order valence-electron chi connectivity index (χ1n) is 4.27. The Kier molecular flexibility index (Phi) is 4.26. The van der Waals surface area contributed by atoms with Gasteiger partial charge < -0.3 is 4.42 Å². The third-order valence-electron chi connectivity index (χ3n) is 2.07. The molecule has 7 heteroatoms. The highest BCUT2D eigenvalue weighted by Crippen LogP contribution is 2.39. The molecular weight excluding hydrogens is 424 g/mol. The van der Waals surface area contributed by atoms with Crippen molar-refractivity contribution in [2.24, 2.45) is 5.84 Å². The van der Waals surface area contributed by atoms with Crippen LogP contribution in [-0.2, 0) is 0 Å². The summed E-state index contributed by atoms with van der Waals surface area (Å²) in [6.07, 6.45) is 1.62. The van der Waals surface area contributed by atoms with Crippen LogP contribution in [0.1, 0.15) is 17.4 Å². The molecule has 0 amide bonds. The van der Waals surface area contributed by atoms with E-state index in [1.807, 2.05) is 12.1 Å². The molecule has 2 heterocycles. The molecule has 3 N–H and O–H groups in total. The standard InChI is InChI=1S/C9H7Br3N2OS/c10-5-1-2-15-8(5)7(14-13)4-3-6(11)16-9(4)12/h1-3,7,14H,13H2. The number of furan rings is 1. The van der Waals surface area contributed by atoms with Crippen LogP contribution < -0.4 is 11.3 Å². The van der Waals surface area contributed by atoms with Gasteiger partial charge in [-0.15, -0.1) is 11.3 Å². The predicted octanol–water partition coefficient (Wildman–Crippen LogP) is 4.18. The first-order valence-corrected chi connectivity index (χ1v) is 7.46. The number of nitrogens with one attached hydrogen (secondary N) is 1. The number of halogens is 3. The average molecular weight is 431 g/mol. The molecule has 0 saturated carbocycles. The minimum atomic E-state index is -0.179. The lowest BCUT2D eigenvalue weighted by Gasteiger charge is -2.13. The van der Waals surface area contributed by atoms with E-state index in [2.05, 4.69) is 53.2 Å². The zero-order valence-corrected chi connectivity index (χ0v) is 13.4. The Morgan fingerprint density at radius 2 is 2.12 bits per heavy atom. The summed E-state index contributed by atoms with van der Waals surface area (Å²) in [5.74, 6) is 6.34. The molecule has 0 spiro atoms. The van der Waals surface area contributed by atoms with Crippen molar-refractivity contribution in [3.8, 4) is 0 Å². The quantitative estimate of drug-likeness (QED) is 0.567. The Bertz CT molecular complexity index is 497. The van der Waals surface area contributed by atoms with E-state index in [1.54, 1.807) is 17.6 Å². The van der Waals surface area contributed by atoms with Crippen LogP contribution in [0.5, 0.6) is 0 Å². The molecule has 2 aromatic heterocycles. The largest absolute Gasteiger partial charge is 0.466 e. The molecule has 0 aliphatic carbocycles. The van der Waals surface area contributed by atoms with Crippen LogP contribution >= 0.6 is 59.1 Å². The van der Waals surface area contributed by atoms with Crippen LogP contribution in [0, 0.1) is 0 Å². The summed E-state index contributed by atoms with van der Waals surface area (Å²) in [4.78, 5) is 0. The van der Waals surface area contributed by atoms with Crippen molar-refractivity contribution in [2.75, 3.05) is 0 Å². The summed E-state index contributed by atoms with van der Waals surface area (Å²) >= 11 is 12.0. The maximum Gasteiger partial charge on any atom is 0.140 e. The molecule has 0 fully saturated rings. The van der Waals surface area contributed by atoms with Crippen molar-refractivity contribution < 1.29 is 4.42 Å². The van der Waals surface area contributed by atoms with E-state index in [-0.39, 0.29) is 6.04 Å². The zero-order valence-electron chi connectivity index (χ0n) is 7.84. The van der Waals surface area contributed by atoms with Gasteiger partial charge in [0.1, 0.15) is 11.8 Å². The van der Waals surface area contributed by atoms with Gasteiger partial charge in [0, 0.05) is 5.56 Å². The molecule has 86 valence electrons. The normalized spacial score (nSPS) is 13.0. The maximum absolute atomic E-state index is 5.58. The smallest absolute Gasteiger partial charge is 0.140 e. The van der Waals surface area contributed by atoms with E-state index in [1.165, 1.54) is 0 Å². The van der Waals surface area contributed by atoms with E-state index in [0.29, 0.717) is 0 Å². The summed E-state index contributed by atoms with van der Waals surface area (Å²) in [6.45, 7) is 0. The lowest BCUT2D eigenvalue weighted by molar-refractivity contribution is 0.449. The summed E-state index contributed by atoms with van der Waals surface area (Å²) in [5, 5.41) is 0. The van der Waals surface area contributed by atoms with Gasteiger partial charge in [-0.25, -0.2) is 5.43 Å². The summed E-state index contributed by atoms with van der Waals surface area (Å²) < 4.78 is 8.37. The van der Waals surface area contributed by atoms with Gasteiger partial charge in [0.15, 0.2) is 0 Å². The second kappa shape index (κ2) is 5.32. The third-order valence-corrected chi connectivity index (χ3v) is 5.11. The number of nitrogens with two attached hydrogens (primary N) is 1. The van der Waals surface area contributed by atoms with Gasteiger partial charge in [0.05, 0.1) is 18.3 Å². The highest BCUT2D eigenvalue weighted by Gasteiger charge is 2.22. The molecular formula is C9H7Br3N2OS. The fourth-order valence-electron chi connectivity index (χ4n) is 1.37. The summed E-state index contributed by atoms with van der Waals surface area (Å²) in [5.41, 5.74) is 3.78. The molecule has 0 saturated heterocycles. The molecule has 2 rings (SSSR count). The SMILES string of the molecule is NNC(c1cc(Br)sc1Br)c1occc1Br. The number of rotatable bonds is 3. The van der Waals surface area contributed by atoms with Crippen molar-refractivity contribution in [3.63, 3.8) is 0 Å². The molecule has 0 bridgehead atoms. The molecule has 0 aliphatic heterocycles. The van der Waals surface area contributed by atoms with Gasteiger partial charge in [-0.1, -0.05) is 0 Å². The van der Waals surface area contributed by atoms with E-state index >= 15 is 0 Å². The molecule has 0 radical (unpaired) electrons. The minimum absolute atomic E-state index is 0.179. The van der Waals surface area contributed by atoms with Gasteiger partial charge in [-0.05, 0) is 59.9 Å². The topological polar surface area (TPSA) is 51.2 Å². The Morgan fingerprint density at radius 1 is 1.38 bits per heavy atom. The van der Waals surface area contributed by atoms with Crippen molar-refractivity contribution in [1.29, 1.82) is 0 Å². The Hall–Kier alpha value is 0.340. The lowest BCUT2D eigenvalue weighted by Crippen LogP contribution is -2.28.